The molecule has 0 saturated carbocycles. The Morgan fingerprint density at radius 1 is 1.26 bits per heavy atom. The van der Waals surface area contributed by atoms with Gasteiger partial charge >= 0.3 is 0 Å². The monoisotopic (exact) mass is 370 g/mol. The van der Waals surface area contributed by atoms with Gasteiger partial charge in [-0.25, -0.2) is 0 Å². The zero-order valence-electron chi connectivity index (χ0n) is 15.9. The van der Waals surface area contributed by atoms with Gasteiger partial charge in [-0.2, -0.15) is 0 Å². The fourth-order valence-electron chi connectivity index (χ4n) is 3.47. The van der Waals surface area contributed by atoms with Gasteiger partial charge < -0.3 is 19.4 Å². The van der Waals surface area contributed by atoms with E-state index in [0.717, 1.165) is 17.7 Å². The average molecular weight is 370 g/mol. The van der Waals surface area contributed by atoms with Crippen LogP contribution in [-0.2, 0) is 11.2 Å². The van der Waals surface area contributed by atoms with Gasteiger partial charge in [-0.15, -0.1) is 0 Å². The zero-order valence-corrected chi connectivity index (χ0v) is 15.9. The van der Waals surface area contributed by atoms with Crippen molar-refractivity contribution >= 4 is 11.8 Å². The van der Waals surface area contributed by atoms with Crippen molar-refractivity contribution in [1.29, 1.82) is 0 Å². The quantitative estimate of drug-likeness (QED) is 0.849. The predicted octanol–water partition coefficient (Wildman–Crippen LogP) is 2.81. The maximum atomic E-state index is 12.5. The molecule has 1 saturated heterocycles. The molecule has 6 nitrogen and oxygen atoms in total. The van der Waals surface area contributed by atoms with Gasteiger partial charge in [-0.3, -0.25) is 9.59 Å². The Hall–Kier alpha value is -2.76. The lowest BCUT2D eigenvalue weighted by Gasteiger charge is -2.30. The molecule has 0 spiro atoms. The minimum Gasteiger partial charge on any atom is -0.496 e. The second-order valence-electron chi connectivity index (χ2n) is 6.90. The normalized spacial score (nSPS) is 14.8. The molecule has 1 N–H and O–H groups in total. The van der Waals surface area contributed by atoms with Crippen LogP contribution in [0.4, 0.5) is 0 Å². The molecule has 6 heteroatoms. The van der Waals surface area contributed by atoms with Crippen molar-refractivity contribution in [2.45, 2.75) is 26.2 Å². The Labute approximate surface area is 159 Å². The summed E-state index contributed by atoms with van der Waals surface area (Å²) in [4.78, 5) is 26.5. The number of nitrogens with one attached hydrogen (secondary N) is 1. The third-order valence-corrected chi connectivity index (χ3v) is 5.01. The van der Waals surface area contributed by atoms with Crippen LogP contribution in [0.5, 0.6) is 5.75 Å². The Balaban J connectivity index is 1.45. The van der Waals surface area contributed by atoms with Crippen LogP contribution in [0.15, 0.2) is 41.0 Å². The summed E-state index contributed by atoms with van der Waals surface area (Å²) in [5.41, 5.74) is 2.27. The molecule has 1 aliphatic rings. The average Bonchev–Trinajstić information content (AvgIpc) is 3.22. The SMILES string of the molecule is COc1ccc(C)cc1CCNC(=O)C1CCN(C(=O)c2ccco2)CC1. The predicted molar refractivity (Wildman–Crippen MR) is 102 cm³/mol. The van der Waals surface area contributed by atoms with E-state index in [1.165, 1.54) is 11.8 Å². The standard InChI is InChI=1S/C21H26N2O4/c1-15-5-6-18(26-2)17(14-15)7-10-22-20(24)16-8-11-23(12-9-16)21(25)19-4-3-13-27-19/h3-6,13-14,16H,7-12H2,1-2H3,(H,22,24). The Bertz CT molecular complexity index is 777. The van der Waals surface area contributed by atoms with E-state index < -0.39 is 0 Å². The fraction of sp³-hybridized carbons (Fsp3) is 0.429. The lowest BCUT2D eigenvalue weighted by molar-refractivity contribution is -0.126. The summed E-state index contributed by atoms with van der Waals surface area (Å²) in [5, 5.41) is 3.03. The number of carbonyl (C=O) groups excluding carboxylic acids is 2. The number of furan rings is 1. The Morgan fingerprint density at radius 3 is 2.70 bits per heavy atom. The van der Waals surface area contributed by atoms with Crippen molar-refractivity contribution in [3.63, 3.8) is 0 Å². The Morgan fingerprint density at radius 2 is 2.04 bits per heavy atom. The molecule has 1 aromatic heterocycles. The highest BCUT2D eigenvalue weighted by Crippen LogP contribution is 2.21. The van der Waals surface area contributed by atoms with Crippen molar-refractivity contribution in [3.05, 3.63) is 53.5 Å². The van der Waals surface area contributed by atoms with Crippen LogP contribution in [0.25, 0.3) is 0 Å². The van der Waals surface area contributed by atoms with Gasteiger partial charge in [-0.1, -0.05) is 17.7 Å². The maximum absolute atomic E-state index is 12.5. The molecule has 2 aromatic rings. The molecule has 1 fully saturated rings. The lowest BCUT2D eigenvalue weighted by atomic mass is 9.95. The molecule has 2 amide bonds. The number of hydrogen-bond donors (Lipinski definition) is 1. The first-order chi connectivity index (χ1) is 13.1. The lowest BCUT2D eigenvalue weighted by Crippen LogP contribution is -2.43. The van der Waals surface area contributed by atoms with E-state index in [4.69, 9.17) is 9.15 Å². The van der Waals surface area contributed by atoms with Gasteiger partial charge in [0.05, 0.1) is 13.4 Å². The number of rotatable bonds is 6. The summed E-state index contributed by atoms with van der Waals surface area (Å²) in [6.07, 6.45) is 3.57. The van der Waals surface area contributed by atoms with Crippen LogP contribution in [-0.4, -0.2) is 43.5 Å². The minimum atomic E-state index is -0.106. The largest absolute Gasteiger partial charge is 0.496 e. The van der Waals surface area contributed by atoms with Crippen molar-refractivity contribution in [2.75, 3.05) is 26.7 Å². The number of carbonyl (C=O) groups is 2. The van der Waals surface area contributed by atoms with E-state index >= 15 is 0 Å². The molecule has 1 aromatic carbocycles. The summed E-state index contributed by atoms with van der Waals surface area (Å²) in [7, 11) is 1.66. The number of nitrogens with zero attached hydrogens (tertiary/aromatic N) is 1. The number of methoxy groups -OCH3 is 1. The number of likely N-dealkylation sites (tertiary alicyclic amines) is 1. The summed E-state index contributed by atoms with van der Waals surface area (Å²) in [6, 6.07) is 9.43. The van der Waals surface area contributed by atoms with Crippen molar-refractivity contribution < 1.29 is 18.7 Å². The third-order valence-electron chi connectivity index (χ3n) is 5.01. The highest BCUT2D eigenvalue weighted by atomic mass is 16.5. The molecule has 0 radical (unpaired) electrons. The molecule has 0 aliphatic carbocycles. The molecular weight excluding hydrogens is 344 g/mol. The van der Waals surface area contributed by atoms with E-state index in [9.17, 15) is 9.59 Å². The van der Waals surface area contributed by atoms with Crippen LogP contribution in [0.3, 0.4) is 0 Å². The molecular formula is C21H26N2O4. The molecule has 144 valence electrons. The first kappa shape index (κ1) is 19.0. The number of benzene rings is 1. The number of piperidine rings is 1. The third kappa shape index (κ3) is 4.70. The van der Waals surface area contributed by atoms with Crippen LogP contribution in [0.1, 0.15) is 34.5 Å². The van der Waals surface area contributed by atoms with E-state index in [0.29, 0.717) is 38.2 Å². The molecule has 0 unspecified atom stereocenters. The Kier molecular flexibility index (Phi) is 6.16. The molecule has 27 heavy (non-hydrogen) atoms. The first-order valence-electron chi connectivity index (χ1n) is 9.32. The van der Waals surface area contributed by atoms with Crippen LogP contribution < -0.4 is 10.1 Å². The molecule has 1 aliphatic heterocycles. The maximum Gasteiger partial charge on any atom is 0.289 e. The van der Waals surface area contributed by atoms with Crippen LogP contribution in [0.2, 0.25) is 0 Å². The van der Waals surface area contributed by atoms with Gasteiger partial charge in [0, 0.05) is 25.6 Å². The number of amides is 2. The number of aryl methyl sites for hydroxylation is 1. The number of hydrogen-bond acceptors (Lipinski definition) is 4. The van der Waals surface area contributed by atoms with E-state index in [-0.39, 0.29) is 17.7 Å². The summed E-state index contributed by atoms with van der Waals surface area (Å²) < 4.78 is 10.5. The molecule has 2 heterocycles. The molecule has 0 bridgehead atoms. The highest BCUT2D eigenvalue weighted by Gasteiger charge is 2.28. The highest BCUT2D eigenvalue weighted by molar-refractivity contribution is 5.91. The second-order valence-corrected chi connectivity index (χ2v) is 6.90. The van der Waals surface area contributed by atoms with Crippen molar-refractivity contribution in [1.82, 2.24) is 10.2 Å². The van der Waals surface area contributed by atoms with E-state index in [2.05, 4.69) is 11.4 Å². The van der Waals surface area contributed by atoms with Crippen molar-refractivity contribution in [2.24, 2.45) is 5.92 Å². The van der Waals surface area contributed by atoms with Gasteiger partial charge in [0.25, 0.3) is 5.91 Å². The van der Waals surface area contributed by atoms with Gasteiger partial charge in [0.2, 0.25) is 5.91 Å². The first-order valence-corrected chi connectivity index (χ1v) is 9.32. The molecule has 3 rings (SSSR count). The van der Waals surface area contributed by atoms with Gasteiger partial charge in [0.1, 0.15) is 5.75 Å². The summed E-state index contributed by atoms with van der Waals surface area (Å²) >= 11 is 0. The van der Waals surface area contributed by atoms with Crippen molar-refractivity contribution in [3.8, 4) is 5.75 Å². The molecule has 0 atom stereocenters. The van der Waals surface area contributed by atoms with Crippen LogP contribution in [0, 0.1) is 12.8 Å². The van der Waals surface area contributed by atoms with Crippen LogP contribution >= 0.6 is 0 Å². The number of ether oxygens (including phenoxy) is 1. The minimum absolute atomic E-state index is 0.0509. The summed E-state index contributed by atoms with van der Waals surface area (Å²) in [5.74, 6) is 1.10. The smallest absolute Gasteiger partial charge is 0.289 e. The van der Waals surface area contributed by atoms with Gasteiger partial charge in [0.15, 0.2) is 5.76 Å². The van der Waals surface area contributed by atoms with Gasteiger partial charge in [-0.05, 0) is 49.9 Å². The fourth-order valence-corrected chi connectivity index (χ4v) is 3.47. The van der Waals surface area contributed by atoms with E-state index in [1.807, 2.05) is 19.1 Å². The summed E-state index contributed by atoms with van der Waals surface area (Å²) in [6.45, 7) is 3.76. The zero-order chi connectivity index (χ0) is 19.2. The van der Waals surface area contributed by atoms with E-state index in [1.54, 1.807) is 24.1 Å². The second kappa shape index (κ2) is 8.75. The topological polar surface area (TPSA) is 71.8 Å².